The van der Waals surface area contributed by atoms with E-state index in [-0.39, 0.29) is 6.03 Å². The molecule has 0 aliphatic carbocycles. The Morgan fingerprint density at radius 3 is 2.88 bits per heavy atom. The Morgan fingerprint density at radius 1 is 1.50 bits per heavy atom. The Hall–Kier alpha value is -1.42. The number of amides is 2. The number of nitrogens with one attached hydrogen (secondary N) is 2. The first-order chi connectivity index (χ1) is 7.69. The number of carbonyl (C=O) groups excluding carboxylic acids is 1. The van der Waals surface area contributed by atoms with Crippen molar-refractivity contribution in [2.45, 2.75) is 13.3 Å². The average molecular weight is 243 g/mol. The van der Waals surface area contributed by atoms with Crippen LogP contribution in [0.3, 0.4) is 0 Å². The molecule has 0 fully saturated rings. The third kappa shape index (κ3) is 3.31. The fourth-order valence-corrected chi connectivity index (χ4v) is 1.47. The number of para-hydroxylation sites is 1. The zero-order valence-corrected chi connectivity index (χ0v) is 10.1. The van der Waals surface area contributed by atoms with Crippen LogP contribution in [0.5, 0.6) is 5.75 Å². The van der Waals surface area contributed by atoms with Gasteiger partial charge in [-0.05, 0) is 18.6 Å². The highest BCUT2D eigenvalue weighted by Crippen LogP contribution is 2.32. The van der Waals surface area contributed by atoms with E-state index in [4.69, 9.17) is 16.3 Å². The van der Waals surface area contributed by atoms with Gasteiger partial charge >= 0.3 is 6.03 Å². The lowest BCUT2D eigenvalue weighted by Gasteiger charge is -2.11. The highest BCUT2D eigenvalue weighted by molar-refractivity contribution is 6.32. The minimum Gasteiger partial charge on any atom is -0.493 e. The molecule has 1 aromatic carbocycles. The number of rotatable bonds is 4. The third-order valence-electron chi connectivity index (χ3n) is 1.95. The van der Waals surface area contributed by atoms with Crippen molar-refractivity contribution in [3.63, 3.8) is 0 Å². The molecule has 1 aromatic rings. The molecule has 0 saturated heterocycles. The van der Waals surface area contributed by atoms with E-state index >= 15 is 0 Å². The molecule has 88 valence electrons. The van der Waals surface area contributed by atoms with E-state index in [1.54, 1.807) is 18.2 Å². The second-order valence-electron chi connectivity index (χ2n) is 3.20. The van der Waals surface area contributed by atoms with Gasteiger partial charge in [-0.3, -0.25) is 0 Å². The fraction of sp³-hybridized carbons (Fsp3) is 0.364. The molecule has 4 nitrogen and oxygen atoms in total. The van der Waals surface area contributed by atoms with Crippen LogP contribution < -0.4 is 15.4 Å². The standard InChI is InChI=1S/C11H15ClN2O2/c1-3-7-13-11(15)14-9-6-4-5-8(12)10(9)16-2/h4-6H,3,7H2,1-2H3,(H2,13,14,15). The maximum absolute atomic E-state index is 11.4. The Balaban J connectivity index is 2.73. The molecule has 2 N–H and O–H groups in total. The zero-order valence-electron chi connectivity index (χ0n) is 9.34. The summed E-state index contributed by atoms with van der Waals surface area (Å²) in [5, 5.41) is 5.85. The molecule has 0 saturated carbocycles. The van der Waals surface area contributed by atoms with E-state index in [0.29, 0.717) is 23.0 Å². The van der Waals surface area contributed by atoms with Crippen LogP contribution in [0.15, 0.2) is 18.2 Å². The summed E-state index contributed by atoms with van der Waals surface area (Å²) in [6.07, 6.45) is 0.889. The summed E-state index contributed by atoms with van der Waals surface area (Å²) in [7, 11) is 1.51. The number of halogens is 1. The van der Waals surface area contributed by atoms with Gasteiger partial charge in [-0.25, -0.2) is 4.79 Å². The molecule has 0 atom stereocenters. The van der Waals surface area contributed by atoms with Gasteiger partial charge in [0.1, 0.15) is 0 Å². The monoisotopic (exact) mass is 242 g/mol. The molecule has 0 radical (unpaired) electrons. The van der Waals surface area contributed by atoms with E-state index < -0.39 is 0 Å². The number of hydrogen-bond donors (Lipinski definition) is 2. The summed E-state index contributed by atoms with van der Waals surface area (Å²) >= 11 is 5.92. The first-order valence-electron chi connectivity index (χ1n) is 5.06. The van der Waals surface area contributed by atoms with Gasteiger partial charge in [0.15, 0.2) is 5.75 Å². The molecule has 0 unspecified atom stereocenters. The number of methoxy groups -OCH3 is 1. The van der Waals surface area contributed by atoms with Crippen LogP contribution in [0.1, 0.15) is 13.3 Å². The lowest BCUT2D eigenvalue weighted by atomic mass is 10.3. The molecule has 2 amide bonds. The van der Waals surface area contributed by atoms with E-state index in [1.165, 1.54) is 7.11 Å². The molecule has 0 aliphatic rings. The van der Waals surface area contributed by atoms with Gasteiger partial charge in [0, 0.05) is 6.54 Å². The summed E-state index contributed by atoms with van der Waals surface area (Å²) in [6.45, 7) is 2.62. The summed E-state index contributed by atoms with van der Waals surface area (Å²) < 4.78 is 5.11. The molecule has 0 aromatic heterocycles. The molecule has 0 spiro atoms. The van der Waals surface area contributed by atoms with Crippen molar-refractivity contribution in [2.24, 2.45) is 0 Å². The van der Waals surface area contributed by atoms with E-state index in [9.17, 15) is 4.79 Å². The number of ether oxygens (including phenoxy) is 1. The van der Waals surface area contributed by atoms with Crippen molar-refractivity contribution in [3.8, 4) is 5.75 Å². The first-order valence-corrected chi connectivity index (χ1v) is 5.44. The third-order valence-corrected chi connectivity index (χ3v) is 2.25. The van der Waals surface area contributed by atoms with Crippen LogP contribution in [-0.2, 0) is 0 Å². The first kappa shape index (κ1) is 12.6. The second-order valence-corrected chi connectivity index (χ2v) is 3.61. The van der Waals surface area contributed by atoms with Gasteiger partial charge in [0.05, 0.1) is 17.8 Å². The van der Waals surface area contributed by atoms with Gasteiger partial charge in [0.2, 0.25) is 0 Å². The van der Waals surface area contributed by atoms with Gasteiger partial charge in [0.25, 0.3) is 0 Å². The fourth-order valence-electron chi connectivity index (χ4n) is 1.22. The van der Waals surface area contributed by atoms with Crippen LogP contribution >= 0.6 is 11.6 Å². The largest absolute Gasteiger partial charge is 0.493 e. The molecule has 0 bridgehead atoms. The van der Waals surface area contributed by atoms with Crippen LogP contribution in [-0.4, -0.2) is 19.7 Å². The van der Waals surface area contributed by atoms with Gasteiger partial charge in [-0.15, -0.1) is 0 Å². The molecule has 1 rings (SSSR count). The Morgan fingerprint density at radius 2 is 2.25 bits per heavy atom. The van der Waals surface area contributed by atoms with Crippen LogP contribution in [0.4, 0.5) is 10.5 Å². The predicted octanol–water partition coefficient (Wildman–Crippen LogP) is 2.88. The van der Waals surface area contributed by atoms with Crippen molar-refractivity contribution in [1.82, 2.24) is 5.32 Å². The minimum atomic E-state index is -0.262. The highest BCUT2D eigenvalue weighted by atomic mass is 35.5. The predicted molar refractivity (Wildman–Crippen MR) is 65.3 cm³/mol. The Labute approximate surface area is 99.9 Å². The van der Waals surface area contributed by atoms with Crippen molar-refractivity contribution >= 4 is 23.3 Å². The smallest absolute Gasteiger partial charge is 0.319 e. The maximum Gasteiger partial charge on any atom is 0.319 e. The summed E-state index contributed by atoms with van der Waals surface area (Å²) in [5.74, 6) is 0.468. The van der Waals surface area contributed by atoms with Crippen molar-refractivity contribution < 1.29 is 9.53 Å². The SMILES string of the molecule is CCCNC(=O)Nc1cccc(Cl)c1OC. The van der Waals surface area contributed by atoms with E-state index in [0.717, 1.165) is 6.42 Å². The summed E-state index contributed by atoms with van der Waals surface area (Å²) in [5.41, 5.74) is 0.559. The molecular formula is C11H15ClN2O2. The van der Waals surface area contributed by atoms with Crippen LogP contribution in [0, 0.1) is 0 Å². The molecule has 5 heteroatoms. The average Bonchev–Trinajstić information content (AvgIpc) is 2.27. The highest BCUT2D eigenvalue weighted by Gasteiger charge is 2.09. The lowest BCUT2D eigenvalue weighted by molar-refractivity contribution is 0.252. The number of hydrogen-bond acceptors (Lipinski definition) is 2. The topological polar surface area (TPSA) is 50.4 Å². The molecule has 16 heavy (non-hydrogen) atoms. The van der Waals surface area contributed by atoms with Crippen LogP contribution in [0.25, 0.3) is 0 Å². The van der Waals surface area contributed by atoms with Gasteiger partial charge in [-0.2, -0.15) is 0 Å². The number of anilines is 1. The van der Waals surface area contributed by atoms with E-state index in [2.05, 4.69) is 10.6 Å². The number of benzene rings is 1. The second kappa shape index (κ2) is 6.23. The van der Waals surface area contributed by atoms with Crippen molar-refractivity contribution in [2.75, 3.05) is 19.0 Å². The number of carbonyl (C=O) groups is 1. The van der Waals surface area contributed by atoms with Crippen LogP contribution in [0.2, 0.25) is 5.02 Å². The Bertz CT molecular complexity index is 369. The minimum absolute atomic E-state index is 0.262. The normalized spacial score (nSPS) is 9.69. The van der Waals surface area contributed by atoms with E-state index in [1.807, 2.05) is 6.92 Å². The summed E-state index contributed by atoms with van der Waals surface area (Å²) in [6, 6.07) is 4.92. The van der Waals surface area contributed by atoms with Gasteiger partial charge in [-0.1, -0.05) is 24.6 Å². The van der Waals surface area contributed by atoms with Crippen molar-refractivity contribution in [3.05, 3.63) is 23.2 Å². The molecule has 0 heterocycles. The zero-order chi connectivity index (χ0) is 12.0. The lowest BCUT2D eigenvalue weighted by Crippen LogP contribution is -2.29. The van der Waals surface area contributed by atoms with Gasteiger partial charge < -0.3 is 15.4 Å². The van der Waals surface area contributed by atoms with Crippen molar-refractivity contribution in [1.29, 1.82) is 0 Å². The quantitative estimate of drug-likeness (QED) is 0.853. The Kier molecular flexibility index (Phi) is 4.92. The molecule has 0 aliphatic heterocycles. The molecular weight excluding hydrogens is 228 g/mol. The maximum atomic E-state index is 11.4. The summed E-state index contributed by atoms with van der Waals surface area (Å²) in [4.78, 5) is 11.4. The number of urea groups is 1.